The molecule has 2 aromatic carbocycles. The Balaban J connectivity index is 1.66. The molecule has 2 heterocycles. The lowest BCUT2D eigenvalue weighted by atomic mass is 10.1. The Bertz CT molecular complexity index is 1320. The molecule has 160 valence electrons. The maximum Gasteiger partial charge on any atom is 0.276 e. The normalized spacial score (nSPS) is 11.6. The van der Waals surface area contributed by atoms with Crippen molar-refractivity contribution in [3.05, 3.63) is 83.6 Å². The summed E-state index contributed by atoms with van der Waals surface area (Å²) in [6.07, 6.45) is 3.70. The van der Waals surface area contributed by atoms with Gasteiger partial charge in [0.25, 0.3) is 5.91 Å². The number of nitrogens with one attached hydrogen (secondary N) is 1. The number of hydrogen-bond acceptors (Lipinski definition) is 5. The minimum absolute atomic E-state index is 0.294. The van der Waals surface area contributed by atoms with Crippen LogP contribution in [0.3, 0.4) is 0 Å². The molecule has 1 aliphatic rings. The number of anilines is 1. The zero-order chi connectivity index (χ0) is 22.2. The van der Waals surface area contributed by atoms with Crippen LogP contribution in [0, 0.1) is 5.82 Å². The van der Waals surface area contributed by atoms with Crippen LogP contribution in [-0.2, 0) is 6.42 Å². The molecule has 1 N–H and O–H groups in total. The lowest BCUT2D eigenvalue weighted by Crippen LogP contribution is -2.15. The molecule has 0 unspecified atom stereocenters. The van der Waals surface area contributed by atoms with Gasteiger partial charge in [-0.1, -0.05) is 0 Å². The summed E-state index contributed by atoms with van der Waals surface area (Å²) in [6, 6.07) is 13.3. The Hall–Kier alpha value is -4.20. The van der Waals surface area contributed by atoms with E-state index in [1.807, 2.05) is 12.1 Å². The van der Waals surface area contributed by atoms with Crippen molar-refractivity contribution >= 4 is 11.6 Å². The van der Waals surface area contributed by atoms with E-state index in [4.69, 9.17) is 9.47 Å². The van der Waals surface area contributed by atoms with Gasteiger partial charge in [0.15, 0.2) is 17.2 Å². The van der Waals surface area contributed by atoms with Crippen LogP contribution in [0.15, 0.2) is 60.9 Å². The monoisotopic (exact) mass is 430 g/mol. The lowest BCUT2D eigenvalue weighted by Gasteiger charge is -2.12. The van der Waals surface area contributed by atoms with Gasteiger partial charge in [-0.05, 0) is 54.1 Å². The first-order valence-electron chi connectivity index (χ1n) is 9.93. The van der Waals surface area contributed by atoms with Crippen LogP contribution in [0.4, 0.5) is 10.1 Å². The van der Waals surface area contributed by atoms with E-state index in [-0.39, 0.29) is 11.7 Å². The third kappa shape index (κ3) is 3.26. The maximum atomic E-state index is 13.5. The number of hydrogen-bond donors (Lipinski definition) is 1. The number of rotatable bonds is 5. The highest BCUT2D eigenvalue weighted by atomic mass is 19.1. The summed E-state index contributed by atoms with van der Waals surface area (Å²) >= 11 is 0. The largest absolute Gasteiger partial charge is 0.493 e. The first kappa shape index (κ1) is 19.7. The standard InChI is InChI=1S/C24H19FN4O3/c1-31-20-11-14-10-19-22(24(30)27-16-4-3-9-26-13-16)28-29(17-7-5-15(25)6-8-17)23(19)18(14)12-21(20)32-2/h3-9,11-13H,10H2,1-2H3,(H,27,30). The van der Waals surface area contributed by atoms with Gasteiger partial charge < -0.3 is 14.8 Å². The van der Waals surface area contributed by atoms with Crippen molar-refractivity contribution in [2.75, 3.05) is 19.5 Å². The Kier molecular flexibility index (Phi) is 4.82. The summed E-state index contributed by atoms with van der Waals surface area (Å²) in [6.45, 7) is 0. The van der Waals surface area contributed by atoms with Crippen LogP contribution in [-0.4, -0.2) is 34.9 Å². The molecular weight excluding hydrogens is 411 g/mol. The van der Waals surface area contributed by atoms with Gasteiger partial charge in [0, 0.05) is 23.7 Å². The first-order chi connectivity index (χ1) is 15.6. The number of ether oxygens (including phenoxy) is 2. The molecule has 1 amide bonds. The second-order valence-corrected chi connectivity index (χ2v) is 7.30. The average Bonchev–Trinajstić information content (AvgIpc) is 3.36. The quantitative estimate of drug-likeness (QED) is 0.451. The summed E-state index contributed by atoms with van der Waals surface area (Å²) in [5, 5.41) is 7.46. The molecule has 8 heteroatoms. The molecule has 0 saturated heterocycles. The van der Waals surface area contributed by atoms with Crippen molar-refractivity contribution in [3.63, 3.8) is 0 Å². The molecule has 2 aromatic heterocycles. The van der Waals surface area contributed by atoms with E-state index in [0.717, 1.165) is 22.4 Å². The minimum Gasteiger partial charge on any atom is -0.493 e. The van der Waals surface area contributed by atoms with E-state index in [2.05, 4.69) is 15.4 Å². The van der Waals surface area contributed by atoms with Crippen LogP contribution >= 0.6 is 0 Å². The fourth-order valence-corrected chi connectivity index (χ4v) is 3.95. The molecule has 0 atom stereocenters. The number of amides is 1. The highest BCUT2D eigenvalue weighted by Crippen LogP contribution is 2.44. The summed E-state index contributed by atoms with van der Waals surface area (Å²) in [5.74, 6) is 0.493. The summed E-state index contributed by atoms with van der Waals surface area (Å²) in [7, 11) is 3.16. The number of halogens is 1. The molecule has 7 nitrogen and oxygen atoms in total. The van der Waals surface area contributed by atoms with Gasteiger partial charge in [-0.2, -0.15) is 5.10 Å². The molecule has 0 fully saturated rings. The second kappa shape index (κ2) is 7.81. The Morgan fingerprint density at radius 3 is 2.53 bits per heavy atom. The fourth-order valence-electron chi connectivity index (χ4n) is 3.95. The number of nitrogens with zero attached hydrogens (tertiary/aromatic N) is 3. The van der Waals surface area contributed by atoms with Gasteiger partial charge in [0.2, 0.25) is 0 Å². The predicted octanol–water partition coefficient (Wildman–Crippen LogP) is 4.25. The van der Waals surface area contributed by atoms with E-state index in [9.17, 15) is 9.18 Å². The second-order valence-electron chi connectivity index (χ2n) is 7.30. The smallest absolute Gasteiger partial charge is 0.276 e. The van der Waals surface area contributed by atoms with Crippen molar-refractivity contribution in [2.45, 2.75) is 6.42 Å². The molecular formula is C24H19FN4O3. The van der Waals surface area contributed by atoms with Crippen LogP contribution in [0.1, 0.15) is 21.6 Å². The Morgan fingerprint density at radius 1 is 1.09 bits per heavy atom. The van der Waals surface area contributed by atoms with Crippen molar-refractivity contribution in [1.29, 1.82) is 0 Å². The topological polar surface area (TPSA) is 78.3 Å². The molecule has 0 bridgehead atoms. The summed E-state index contributed by atoms with van der Waals surface area (Å²) < 4.78 is 26.1. The minimum atomic E-state index is -0.348. The van der Waals surface area contributed by atoms with Gasteiger partial charge in [0.1, 0.15) is 5.82 Å². The highest BCUT2D eigenvalue weighted by molar-refractivity contribution is 6.05. The van der Waals surface area contributed by atoms with Gasteiger partial charge >= 0.3 is 0 Å². The zero-order valence-corrected chi connectivity index (χ0v) is 17.4. The first-order valence-corrected chi connectivity index (χ1v) is 9.93. The zero-order valence-electron chi connectivity index (χ0n) is 17.4. The average molecular weight is 430 g/mol. The van der Waals surface area contributed by atoms with E-state index in [1.54, 1.807) is 55.6 Å². The van der Waals surface area contributed by atoms with Crippen LogP contribution in [0.25, 0.3) is 16.9 Å². The number of fused-ring (bicyclic) bond motifs is 3. The molecule has 1 aliphatic carbocycles. The summed E-state index contributed by atoms with van der Waals surface area (Å²) in [4.78, 5) is 17.2. The van der Waals surface area contributed by atoms with Crippen molar-refractivity contribution in [3.8, 4) is 28.4 Å². The molecule has 0 aliphatic heterocycles. The highest BCUT2D eigenvalue weighted by Gasteiger charge is 2.32. The number of pyridine rings is 1. The maximum absolute atomic E-state index is 13.5. The third-order valence-electron chi connectivity index (χ3n) is 5.42. The number of methoxy groups -OCH3 is 2. The van der Waals surface area contributed by atoms with E-state index in [1.165, 1.54) is 12.1 Å². The van der Waals surface area contributed by atoms with Gasteiger partial charge in [0.05, 0.1) is 37.5 Å². The van der Waals surface area contributed by atoms with Crippen molar-refractivity contribution in [1.82, 2.24) is 14.8 Å². The van der Waals surface area contributed by atoms with Gasteiger partial charge in [-0.15, -0.1) is 0 Å². The predicted molar refractivity (Wildman–Crippen MR) is 117 cm³/mol. The fraction of sp³-hybridized carbons (Fsp3) is 0.125. The summed E-state index contributed by atoms with van der Waals surface area (Å²) in [5.41, 5.74) is 4.93. The lowest BCUT2D eigenvalue weighted by molar-refractivity contribution is 0.102. The van der Waals surface area contributed by atoms with E-state index < -0.39 is 0 Å². The molecule has 32 heavy (non-hydrogen) atoms. The van der Waals surface area contributed by atoms with Crippen LogP contribution in [0.5, 0.6) is 11.5 Å². The third-order valence-corrected chi connectivity index (χ3v) is 5.42. The molecule has 0 spiro atoms. The number of carbonyl (C=O) groups excluding carboxylic acids is 1. The van der Waals surface area contributed by atoms with Crippen LogP contribution in [0.2, 0.25) is 0 Å². The number of aromatic nitrogens is 3. The number of carbonyl (C=O) groups is 1. The van der Waals surface area contributed by atoms with E-state index >= 15 is 0 Å². The van der Waals surface area contributed by atoms with Crippen molar-refractivity contribution < 1.29 is 18.7 Å². The molecule has 0 saturated carbocycles. The number of benzene rings is 2. The SMILES string of the molecule is COc1cc2c(cc1OC)-c1c(c(C(=O)Nc3cccnc3)nn1-c1ccc(F)cc1)C2. The Labute approximate surface area is 183 Å². The van der Waals surface area contributed by atoms with Gasteiger partial charge in [-0.25, -0.2) is 9.07 Å². The van der Waals surface area contributed by atoms with Gasteiger partial charge in [-0.3, -0.25) is 9.78 Å². The molecule has 4 aromatic rings. The van der Waals surface area contributed by atoms with E-state index in [0.29, 0.717) is 35.0 Å². The van der Waals surface area contributed by atoms with Crippen molar-refractivity contribution in [2.24, 2.45) is 0 Å². The molecule has 0 radical (unpaired) electrons. The Morgan fingerprint density at radius 2 is 1.84 bits per heavy atom. The van der Waals surface area contributed by atoms with Crippen LogP contribution < -0.4 is 14.8 Å². The molecule has 5 rings (SSSR count).